The zero-order chi connectivity index (χ0) is 14.7. The lowest BCUT2D eigenvalue weighted by atomic mass is 10.1. The van der Waals surface area contributed by atoms with Gasteiger partial charge in [-0.1, -0.05) is 13.8 Å². The van der Waals surface area contributed by atoms with Crippen LogP contribution in [0.4, 0.5) is 5.82 Å². The Hall–Kier alpha value is -1.07. The molecule has 1 aliphatic rings. The van der Waals surface area contributed by atoms with Gasteiger partial charge in [-0.25, -0.2) is 0 Å². The third kappa shape index (κ3) is 3.33. The van der Waals surface area contributed by atoms with Gasteiger partial charge in [-0.05, 0) is 19.9 Å². The Bertz CT molecular complexity index is 430. The quantitative estimate of drug-likeness (QED) is 0.879. The fourth-order valence-corrected chi connectivity index (χ4v) is 3.13. The largest absolute Gasteiger partial charge is 0.354 e. The maximum Gasteiger partial charge on any atom is 0.131 e. The van der Waals surface area contributed by atoms with Gasteiger partial charge in [0, 0.05) is 51.9 Å². The normalized spacial score (nSPS) is 17.2. The molecule has 1 saturated heterocycles. The van der Waals surface area contributed by atoms with E-state index in [2.05, 4.69) is 48.0 Å². The van der Waals surface area contributed by atoms with Gasteiger partial charge in [0.05, 0.1) is 5.69 Å². The molecular weight excluding hydrogens is 250 g/mol. The van der Waals surface area contributed by atoms with Crippen LogP contribution in [0.5, 0.6) is 0 Å². The minimum Gasteiger partial charge on any atom is -0.354 e. The second-order valence-electron chi connectivity index (χ2n) is 6.22. The van der Waals surface area contributed by atoms with Gasteiger partial charge in [0.1, 0.15) is 5.82 Å². The first-order chi connectivity index (χ1) is 9.52. The molecule has 0 saturated carbocycles. The van der Waals surface area contributed by atoms with E-state index in [1.165, 1.54) is 17.9 Å². The van der Waals surface area contributed by atoms with Crippen LogP contribution in [0, 0.1) is 12.8 Å². The van der Waals surface area contributed by atoms with E-state index in [1.807, 2.05) is 11.7 Å². The highest BCUT2D eigenvalue weighted by atomic mass is 15.4. The van der Waals surface area contributed by atoms with E-state index in [4.69, 9.17) is 0 Å². The average molecular weight is 279 g/mol. The monoisotopic (exact) mass is 279 g/mol. The third-order valence-electron chi connectivity index (χ3n) is 3.96. The number of nitrogens with zero attached hydrogens (tertiary/aromatic N) is 4. The molecule has 5 nitrogen and oxygen atoms in total. The molecule has 1 fully saturated rings. The molecule has 114 valence electrons. The number of nitrogens with one attached hydrogen (secondary N) is 1. The summed E-state index contributed by atoms with van der Waals surface area (Å²) in [5.41, 5.74) is 2.48. The molecule has 0 amide bonds. The minimum atomic E-state index is 0.750. The molecule has 1 aromatic rings. The fourth-order valence-electron chi connectivity index (χ4n) is 3.13. The van der Waals surface area contributed by atoms with Crippen molar-refractivity contribution in [1.29, 1.82) is 0 Å². The number of rotatable bonds is 5. The van der Waals surface area contributed by atoms with Gasteiger partial charge in [0.15, 0.2) is 0 Å². The SMILES string of the molecule is CNCc1c(C)nn(C)c1N1CCN(CC(C)C)CC1. The minimum absolute atomic E-state index is 0.750. The summed E-state index contributed by atoms with van der Waals surface area (Å²) >= 11 is 0. The lowest BCUT2D eigenvalue weighted by molar-refractivity contribution is 0.230. The van der Waals surface area contributed by atoms with Gasteiger partial charge in [-0.3, -0.25) is 9.58 Å². The van der Waals surface area contributed by atoms with Crippen LogP contribution in [0.2, 0.25) is 0 Å². The molecule has 0 aromatic carbocycles. The second-order valence-corrected chi connectivity index (χ2v) is 6.22. The Morgan fingerprint density at radius 3 is 2.40 bits per heavy atom. The van der Waals surface area contributed by atoms with Gasteiger partial charge in [0.2, 0.25) is 0 Å². The van der Waals surface area contributed by atoms with Crippen LogP contribution in [0.15, 0.2) is 0 Å². The molecule has 0 radical (unpaired) electrons. The smallest absolute Gasteiger partial charge is 0.131 e. The molecule has 0 atom stereocenters. The van der Waals surface area contributed by atoms with E-state index in [-0.39, 0.29) is 0 Å². The zero-order valence-corrected chi connectivity index (χ0v) is 13.6. The van der Waals surface area contributed by atoms with Crippen LogP contribution in [-0.4, -0.2) is 54.5 Å². The van der Waals surface area contributed by atoms with Gasteiger partial charge in [-0.15, -0.1) is 0 Å². The summed E-state index contributed by atoms with van der Waals surface area (Å²) in [7, 11) is 4.05. The molecular formula is C15H29N5. The highest BCUT2D eigenvalue weighted by Crippen LogP contribution is 2.24. The van der Waals surface area contributed by atoms with Gasteiger partial charge in [0.25, 0.3) is 0 Å². The first-order valence-electron chi connectivity index (χ1n) is 7.67. The van der Waals surface area contributed by atoms with Gasteiger partial charge in [-0.2, -0.15) is 5.10 Å². The number of aromatic nitrogens is 2. The Balaban J connectivity index is 2.06. The lowest BCUT2D eigenvalue weighted by Crippen LogP contribution is -2.48. The fraction of sp³-hybridized carbons (Fsp3) is 0.800. The van der Waals surface area contributed by atoms with Crippen molar-refractivity contribution in [3.63, 3.8) is 0 Å². The average Bonchev–Trinajstić information content (AvgIpc) is 2.65. The van der Waals surface area contributed by atoms with Crippen molar-refractivity contribution in [2.45, 2.75) is 27.3 Å². The molecule has 1 aromatic heterocycles. The molecule has 0 bridgehead atoms. The number of aryl methyl sites for hydroxylation is 2. The molecule has 1 aliphatic heterocycles. The maximum atomic E-state index is 4.59. The molecule has 0 aliphatic carbocycles. The Labute approximate surface area is 122 Å². The predicted octanol–water partition coefficient (Wildman–Crippen LogP) is 1.23. The van der Waals surface area contributed by atoms with Crippen molar-refractivity contribution >= 4 is 5.82 Å². The summed E-state index contributed by atoms with van der Waals surface area (Å²) in [6.07, 6.45) is 0. The van der Waals surface area contributed by atoms with Crippen molar-refractivity contribution in [1.82, 2.24) is 20.0 Å². The topological polar surface area (TPSA) is 36.3 Å². The van der Waals surface area contributed by atoms with E-state index < -0.39 is 0 Å². The maximum absolute atomic E-state index is 4.59. The summed E-state index contributed by atoms with van der Waals surface area (Å²) in [5.74, 6) is 2.04. The van der Waals surface area contributed by atoms with E-state index in [0.29, 0.717) is 0 Å². The Morgan fingerprint density at radius 1 is 1.20 bits per heavy atom. The van der Waals surface area contributed by atoms with Crippen molar-refractivity contribution in [3.05, 3.63) is 11.3 Å². The number of piperazine rings is 1. The Kier molecular flexibility index (Phi) is 5.05. The molecule has 2 heterocycles. The molecule has 5 heteroatoms. The van der Waals surface area contributed by atoms with Crippen LogP contribution < -0.4 is 10.2 Å². The summed E-state index contributed by atoms with van der Waals surface area (Å²) < 4.78 is 2.04. The van der Waals surface area contributed by atoms with Crippen LogP contribution >= 0.6 is 0 Å². The molecule has 20 heavy (non-hydrogen) atoms. The summed E-state index contributed by atoms with van der Waals surface area (Å²) in [6, 6.07) is 0. The van der Waals surface area contributed by atoms with Crippen molar-refractivity contribution in [2.75, 3.05) is 44.7 Å². The zero-order valence-electron chi connectivity index (χ0n) is 13.6. The highest BCUT2D eigenvalue weighted by molar-refractivity contribution is 5.50. The van der Waals surface area contributed by atoms with E-state index >= 15 is 0 Å². The Morgan fingerprint density at radius 2 is 1.85 bits per heavy atom. The van der Waals surface area contributed by atoms with Crippen LogP contribution in [0.25, 0.3) is 0 Å². The molecule has 1 N–H and O–H groups in total. The van der Waals surface area contributed by atoms with E-state index in [9.17, 15) is 0 Å². The van der Waals surface area contributed by atoms with Crippen LogP contribution in [0.3, 0.4) is 0 Å². The number of hydrogen-bond donors (Lipinski definition) is 1. The first kappa shape index (κ1) is 15.3. The van der Waals surface area contributed by atoms with Crippen molar-refractivity contribution in [2.24, 2.45) is 13.0 Å². The van der Waals surface area contributed by atoms with Gasteiger partial charge >= 0.3 is 0 Å². The number of anilines is 1. The third-order valence-corrected chi connectivity index (χ3v) is 3.96. The second kappa shape index (κ2) is 6.59. The summed E-state index contributed by atoms with van der Waals surface area (Å²) in [5, 5.41) is 7.86. The molecule has 2 rings (SSSR count). The predicted molar refractivity (Wildman–Crippen MR) is 84.2 cm³/mol. The van der Waals surface area contributed by atoms with Crippen LogP contribution in [0.1, 0.15) is 25.1 Å². The summed E-state index contributed by atoms with van der Waals surface area (Å²) in [6.45, 7) is 13.3. The van der Waals surface area contributed by atoms with E-state index in [0.717, 1.165) is 44.3 Å². The molecule has 0 spiro atoms. The van der Waals surface area contributed by atoms with Crippen molar-refractivity contribution < 1.29 is 0 Å². The van der Waals surface area contributed by atoms with Gasteiger partial charge < -0.3 is 10.2 Å². The highest BCUT2D eigenvalue weighted by Gasteiger charge is 2.23. The first-order valence-corrected chi connectivity index (χ1v) is 7.67. The van der Waals surface area contributed by atoms with Crippen LogP contribution in [-0.2, 0) is 13.6 Å². The summed E-state index contributed by atoms with van der Waals surface area (Å²) in [4.78, 5) is 5.06. The standard InChI is InChI=1S/C15H29N5/c1-12(2)11-19-6-8-20(9-7-19)15-14(10-16-4)13(3)17-18(15)5/h12,16H,6-11H2,1-5H3. The van der Waals surface area contributed by atoms with Crippen molar-refractivity contribution in [3.8, 4) is 0 Å². The van der Waals surface area contributed by atoms with E-state index in [1.54, 1.807) is 0 Å². The number of hydrogen-bond acceptors (Lipinski definition) is 4. The molecule has 0 unspecified atom stereocenters. The lowest BCUT2D eigenvalue weighted by Gasteiger charge is -2.37.